The average Bonchev–Trinajstić information content (AvgIpc) is 2.89. The van der Waals surface area contributed by atoms with E-state index in [1.54, 1.807) is 6.92 Å². The summed E-state index contributed by atoms with van der Waals surface area (Å²) in [5.41, 5.74) is 0.114. The van der Waals surface area contributed by atoms with Gasteiger partial charge < -0.3 is 14.2 Å². The zero-order chi connectivity index (χ0) is 13.1. The Bertz CT molecular complexity index is 558. The van der Waals surface area contributed by atoms with Crippen LogP contribution in [0.2, 0.25) is 0 Å². The molecule has 2 aromatic heterocycles. The van der Waals surface area contributed by atoms with Crippen LogP contribution in [0.1, 0.15) is 41.4 Å². The zero-order valence-electron chi connectivity index (χ0n) is 10.3. The Balaban J connectivity index is 2.22. The summed E-state index contributed by atoms with van der Waals surface area (Å²) < 4.78 is 6.61. The van der Waals surface area contributed by atoms with Gasteiger partial charge >= 0.3 is 5.97 Å². The lowest BCUT2D eigenvalue weighted by atomic mass is 10.3. The first kappa shape index (κ1) is 12.3. The van der Waals surface area contributed by atoms with E-state index in [0.29, 0.717) is 17.5 Å². The topological polar surface area (TPSA) is 94.0 Å². The number of carbonyl (C=O) groups is 1. The molecule has 7 nitrogen and oxygen atoms in total. The SMILES string of the molecule is CCCc1noc(Cn2c(C(=O)O)cnc2C)n1. The molecule has 0 radical (unpaired) electrons. The van der Waals surface area contributed by atoms with Gasteiger partial charge in [0.15, 0.2) is 5.82 Å². The number of hydrogen-bond acceptors (Lipinski definition) is 5. The Hall–Kier alpha value is -2.18. The van der Waals surface area contributed by atoms with Gasteiger partial charge in [0.25, 0.3) is 0 Å². The Morgan fingerprint density at radius 3 is 3.00 bits per heavy atom. The van der Waals surface area contributed by atoms with Gasteiger partial charge in [0, 0.05) is 6.42 Å². The number of aryl methyl sites for hydroxylation is 2. The summed E-state index contributed by atoms with van der Waals surface area (Å²) in [6, 6.07) is 0. The summed E-state index contributed by atoms with van der Waals surface area (Å²) in [5.74, 6) is 0.607. The first-order valence-electron chi connectivity index (χ1n) is 5.68. The van der Waals surface area contributed by atoms with E-state index in [-0.39, 0.29) is 12.2 Å². The molecule has 0 saturated carbocycles. The van der Waals surface area contributed by atoms with Crippen molar-refractivity contribution in [2.75, 3.05) is 0 Å². The minimum absolute atomic E-state index is 0.114. The maximum atomic E-state index is 11.0. The molecule has 0 saturated heterocycles. The van der Waals surface area contributed by atoms with Crippen molar-refractivity contribution >= 4 is 5.97 Å². The van der Waals surface area contributed by atoms with Gasteiger partial charge in [-0.25, -0.2) is 9.78 Å². The maximum absolute atomic E-state index is 11.0. The van der Waals surface area contributed by atoms with Crippen LogP contribution < -0.4 is 0 Å². The Morgan fingerprint density at radius 2 is 2.33 bits per heavy atom. The molecule has 0 atom stereocenters. The third kappa shape index (κ3) is 2.39. The highest BCUT2D eigenvalue weighted by molar-refractivity contribution is 5.85. The smallest absolute Gasteiger partial charge is 0.354 e. The highest BCUT2D eigenvalue weighted by atomic mass is 16.5. The maximum Gasteiger partial charge on any atom is 0.354 e. The van der Waals surface area contributed by atoms with Gasteiger partial charge in [-0.1, -0.05) is 12.1 Å². The fraction of sp³-hybridized carbons (Fsp3) is 0.455. The Morgan fingerprint density at radius 1 is 1.56 bits per heavy atom. The fourth-order valence-electron chi connectivity index (χ4n) is 1.65. The second kappa shape index (κ2) is 4.99. The van der Waals surface area contributed by atoms with Gasteiger partial charge in [-0.05, 0) is 13.3 Å². The molecule has 0 bridgehead atoms. The molecule has 0 aliphatic carbocycles. The van der Waals surface area contributed by atoms with Crippen LogP contribution in [0.25, 0.3) is 0 Å². The molecule has 1 N–H and O–H groups in total. The lowest BCUT2D eigenvalue weighted by Gasteiger charge is -2.03. The molecule has 0 amide bonds. The van der Waals surface area contributed by atoms with Crippen LogP contribution in [0.3, 0.4) is 0 Å². The molecule has 0 unspecified atom stereocenters. The molecule has 2 aromatic rings. The van der Waals surface area contributed by atoms with Gasteiger partial charge in [0.2, 0.25) is 5.89 Å². The molecule has 0 aromatic carbocycles. The zero-order valence-corrected chi connectivity index (χ0v) is 10.3. The van der Waals surface area contributed by atoms with Crippen molar-refractivity contribution in [3.05, 3.63) is 29.4 Å². The van der Waals surface area contributed by atoms with Crippen LogP contribution in [0.5, 0.6) is 0 Å². The van der Waals surface area contributed by atoms with Crippen molar-refractivity contribution in [1.29, 1.82) is 0 Å². The van der Waals surface area contributed by atoms with Gasteiger partial charge in [-0.3, -0.25) is 0 Å². The number of carboxylic acid groups (broad SMARTS) is 1. The van der Waals surface area contributed by atoms with Crippen LogP contribution in [0.15, 0.2) is 10.7 Å². The summed E-state index contributed by atoms with van der Waals surface area (Å²) in [7, 11) is 0. The molecule has 2 heterocycles. The van der Waals surface area contributed by atoms with Crippen LogP contribution >= 0.6 is 0 Å². The van der Waals surface area contributed by atoms with Gasteiger partial charge in [0.1, 0.15) is 18.1 Å². The molecule has 0 fully saturated rings. The second-order valence-electron chi connectivity index (χ2n) is 3.94. The van der Waals surface area contributed by atoms with Crippen LogP contribution in [0.4, 0.5) is 0 Å². The van der Waals surface area contributed by atoms with Gasteiger partial charge in [-0.2, -0.15) is 4.98 Å². The molecule has 96 valence electrons. The standard InChI is InChI=1S/C11H14N4O3/c1-3-4-9-13-10(18-14-9)6-15-7(2)12-5-8(15)11(16)17/h5H,3-4,6H2,1-2H3,(H,16,17). The number of nitrogens with zero attached hydrogens (tertiary/aromatic N) is 4. The van der Waals surface area contributed by atoms with E-state index in [2.05, 4.69) is 15.1 Å². The van der Waals surface area contributed by atoms with Crippen molar-refractivity contribution in [3.8, 4) is 0 Å². The molecule has 7 heteroatoms. The summed E-state index contributed by atoms with van der Waals surface area (Å²) in [6.45, 7) is 3.98. The second-order valence-corrected chi connectivity index (χ2v) is 3.94. The number of hydrogen-bond donors (Lipinski definition) is 1. The van der Waals surface area contributed by atoms with Gasteiger partial charge in [0.05, 0.1) is 6.20 Å². The van der Waals surface area contributed by atoms with Crippen molar-refractivity contribution in [1.82, 2.24) is 19.7 Å². The predicted octanol–water partition coefficient (Wildman–Crippen LogP) is 1.27. The van der Waals surface area contributed by atoms with Crippen molar-refractivity contribution in [2.24, 2.45) is 0 Å². The van der Waals surface area contributed by atoms with E-state index in [1.165, 1.54) is 10.8 Å². The molecule has 18 heavy (non-hydrogen) atoms. The molecular weight excluding hydrogens is 236 g/mol. The lowest BCUT2D eigenvalue weighted by molar-refractivity contribution is 0.0685. The third-order valence-electron chi connectivity index (χ3n) is 2.55. The van der Waals surface area contributed by atoms with Crippen molar-refractivity contribution in [2.45, 2.75) is 33.2 Å². The van der Waals surface area contributed by atoms with Crippen molar-refractivity contribution < 1.29 is 14.4 Å². The van der Waals surface area contributed by atoms with Crippen LogP contribution in [-0.2, 0) is 13.0 Å². The molecule has 0 aliphatic heterocycles. The number of rotatable bonds is 5. The number of aromatic nitrogens is 4. The monoisotopic (exact) mass is 250 g/mol. The van der Waals surface area contributed by atoms with Crippen LogP contribution in [0, 0.1) is 6.92 Å². The first-order chi connectivity index (χ1) is 8.61. The number of carboxylic acids is 1. The van der Waals surface area contributed by atoms with E-state index in [0.717, 1.165) is 12.8 Å². The molecule has 2 rings (SSSR count). The van der Waals surface area contributed by atoms with E-state index >= 15 is 0 Å². The summed E-state index contributed by atoms with van der Waals surface area (Å²) in [6.07, 6.45) is 3.00. The van der Waals surface area contributed by atoms with Crippen molar-refractivity contribution in [3.63, 3.8) is 0 Å². The Kier molecular flexibility index (Phi) is 3.40. The fourth-order valence-corrected chi connectivity index (χ4v) is 1.65. The van der Waals surface area contributed by atoms with E-state index in [1.807, 2.05) is 6.92 Å². The predicted molar refractivity (Wildman–Crippen MR) is 61.3 cm³/mol. The third-order valence-corrected chi connectivity index (χ3v) is 2.55. The molecule has 0 aliphatic rings. The molecule has 0 spiro atoms. The highest BCUT2D eigenvalue weighted by Crippen LogP contribution is 2.09. The summed E-state index contributed by atoms with van der Waals surface area (Å²) in [5, 5.41) is 12.8. The Labute approximate surface area is 103 Å². The average molecular weight is 250 g/mol. The van der Waals surface area contributed by atoms with E-state index in [4.69, 9.17) is 9.63 Å². The van der Waals surface area contributed by atoms with Crippen LogP contribution in [-0.4, -0.2) is 30.8 Å². The summed E-state index contributed by atoms with van der Waals surface area (Å²) in [4.78, 5) is 19.2. The summed E-state index contributed by atoms with van der Waals surface area (Å²) >= 11 is 0. The highest BCUT2D eigenvalue weighted by Gasteiger charge is 2.16. The largest absolute Gasteiger partial charge is 0.477 e. The minimum Gasteiger partial charge on any atom is -0.477 e. The quantitative estimate of drug-likeness (QED) is 0.858. The van der Waals surface area contributed by atoms with E-state index in [9.17, 15) is 4.79 Å². The number of aromatic carboxylic acids is 1. The molecular formula is C11H14N4O3. The number of imidazole rings is 1. The van der Waals surface area contributed by atoms with E-state index < -0.39 is 5.97 Å². The van der Waals surface area contributed by atoms with Gasteiger partial charge in [-0.15, -0.1) is 0 Å². The normalized spacial score (nSPS) is 10.8. The lowest BCUT2D eigenvalue weighted by Crippen LogP contribution is -2.11. The first-order valence-corrected chi connectivity index (χ1v) is 5.68. The minimum atomic E-state index is -1.02.